The number of nitrogens with zero attached hydrogens (tertiary/aromatic N) is 2. The van der Waals surface area contributed by atoms with Crippen LogP contribution in [0.1, 0.15) is 11.1 Å². The van der Waals surface area contributed by atoms with Crippen molar-refractivity contribution in [3.63, 3.8) is 0 Å². The lowest BCUT2D eigenvalue weighted by atomic mass is 10.1. The van der Waals surface area contributed by atoms with E-state index in [0.29, 0.717) is 12.4 Å². The van der Waals surface area contributed by atoms with Crippen LogP contribution in [0.5, 0.6) is 0 Å². The number of aromatic nitrogens is 2. The summed E-state index contributed by atoms with van der Waals surface area (Å²) in [4.78, 5) is 0. The van der Waals surface area contributed by atoms with Gasteiger partial charge in [0.1, 0.15) is 5.82 Å². The molecule has 2 N–H and O–H groups in total. The number of hydrogen-bond donors (Lipinski definition) is 1. The number of anilines is 1. The number of aryl methyl sites for hydroxylation is 1. The minimum absolute atomic E-state index is 0.677. The maximum Gasteiger partial charge on any atom is 0.122 e. The molecule has 0 aliphatic rings. The maximum atomic E-state index is 6.10. The average molecular weight is 342 g/mol. The molecule has 21 heavy (non-hydrogen) atoms. The van der Waals surface area contributed by atoms with Crippen molar-refractivity contribution in [3.05, 3.63) is 70.2 Å². The fraction of sp³-hybridized carbons (Fsp3) is 0.118. The van der Waals surface area contributed by atoms with Gasteiger partial charge in [-0.25, -0.2) is 4.68 Å². The molecule has 3 aromatic rings. The largest absolute Gasteiger partial charge is 0.384 e. The Kier molecular flexibility index (Phi) is 3.80. The third kappa shape index (κ3) is 3.00. The molecule has 1 heterocycles. The third-order valence-corrected chi connectivity index (χ3v) is 4.06. The van der Waals surface area contributed by atoms with E-state index in [-0.39, 0.29) is 0 Å². The lowest BCUT2D eigenvalue weighted by molar-refractivity contribution is 0.697. The summed E-state index contributed by atoms with van der Waals surface area (Å²) < 4.78 is 2.90. The van der Waals surface area contributed by atoms with E-state index in [4.69, 9.17) is 5.73 Å². The molecule has 0 amide bonds. The first-order valence-electron chi connectivity index (χ1n) is 6.77. The minimum atomic E-state index is 0.677. The average Bonchev–Trinajstić information content (AvgIpc) is 2.83. The molecule has 3 rings (SSSR count). The lowest BCUT2D eigenvalue weighted by Gasteiger charge is -2.07. The first-order valence-corrected chi connectivity index (χ1v) is 7.56. The van der Waals surface area contributed by atoms with Crippen LogP contribution < -0.4 is 5.73 Å². The quantitative estimate of drug-likeness (QED) is 0.773. The Balaban J connectivity index is 1.91. The highest BCUT2D eigenvalue weighted by atomic mass is 79.9. The second-order valence-corrected chi connectivity index (χ2v) is 5.96. The zero-order valence-electron chi connectivity index (χ0n) is 11.8. The van der Waals surface area contributed by atoms with E-state index in [0.717, 1.165) is 15.7 Å². The van der Waals surface area contributed by atoms with Gasteiger partial charge in [0.15, 0.2) is 0 Å². The normalized spacial score (nSPS) is 10.8. The molecule has 0 unspecified atom stereocenters. The van der Waals surface area contributed by atoms with Gasteiger partial charge in [0.2, 0.25) is 0 Å². The SMILES string of the molecule is Cc1ccccc1Cn1nc(-c2ccc(Br)cc2)cc1N. The van der Waals surface area contributed by atoms with Crippen LogP contribution in [-0.4, -0.2) is 9.78 Å². The summed E-state index contributed by atoms with van der Waals surface area (Å²) in [5.74, 6) is 0.677. The van der Waals surface area contributed by atoms with Crippen LogP contribution in [0.2, 0.25) is 0 Å². The predicted octanol–water partition coefficient (Wildman–Crippen LogP) is 4.25. The second kappa shape index (κ2) is 5.74. The van der Waals surface area contributed by atoms with Crippen LogP contribution >= 0.6 is 15.9 Å². The zero-order chi connectivity index (χ0) is 14.8. The van der Waals surface area contributed by atoms with Crippen LogP contribution in [0.3, 0.4) is 0 Å². The molecule has 106 valence electrons. The highest BCUT2D eigenvalue weighted by Gasteiger charge is 2.08. The molecule has 0 fully saturated rings. The number of rotatable bonds is 3. The summed E-state index contributed by atoms with van der Waals surface area (Å²) in [5, 5.41) is 4.62. The summed E-state index contributed by atoms with van der Waals surface area (Å²) in [6.45, 7) is 2.79. The van der Waals surface area contributed by atoms with Crippen LogP contribution in [0.4, 0.5) is 5.82 Å². The minimum Gasteiger partial charge on any atom is -0.384 e. The van der Waals surface area contributed by atoms with Gasteiger partial charge >= 0.3 is 0 Å². The van der Waals surface area contributed by atoms with Crippen molar-refractivity contribution < 1.29 is 0 Å². The number of benzene rings is 2. The Hall–Kier alpha value is -2.07. The van der Waals surface area contributed by atoms with E-state index in [1.807, 2.05) is 47.1 Å². The van der Waals surface area contributed by atoms with Gasteiger partial charge in [0, 0.05) is 16.1 Å². The zero-order valence-corrected chi connectivity index (χ0v) is 13.3. The molecule has 3 nitrogen and oxygen atoms in total. The number of hydrogen-bond acceptors (Lipinski definition) is 2. The molecule has 0 aliphatic heterocycles. The fourth-order valence-electron chi connectivity index (χ4n) is 2.27. The highest BCUT2D eigenvalue weighted by Crippen LogP contribution is 2.23. The molecule has 0 radical (unpaired) electrons. The summed E-state index contributed by atoms with van der Waals surface area (Å²) in [5.41, 5.74) is 10.5. The molecule has 0 bridgehead atoms. The molecule has 1 aromatic heterocycles. The van der Waals surface area contributed by atoms with Crippen molar-refractivity contribution in [2.24, 2.45) is 0 Å². The summed E-state index contributed by atoms with van der Waals surface area (Å²) in [6.07, 6.45) is 0. The number of nitrogens with two attached hydrogens (primary N) is 1. The molecule has 2 aromatic carbocycles. The van der Waals surface area contributed by atoms with Gasteiger partial charge in [-0.2, -0.15) is 5.10 Å². The summed E-state index contributed by atoms with van der Waals surface area (Å²) in [6, 6.07) is 18.3. The molecule has 0 aliphatic carbocycles. The standard InChI is InChI=1S/C17H16BrN3/c1-12-4-2-3-5-14(12)11-21-17(19)10-16(20-21)13-6-8-15(18)9-7-13/h2-10H,11,19H2,1H3. The highest BCUT2D eigenvalue weighted by molar-refractivity contribution is 9.10. The van der Waals surface area contributed by atoms with Crippen LogP contribution in [-0.2, 0) is 6.54 Å². The predicted molar refractivity (Wildman–Crippen MR) is 90.1 cm³/mol. The Morgan fingerprint density at radius 2 is 1.81 bits per heavy atom. The molecule has 0 saturated heterocycles. The fourth-order valence-corrected chi connectivity index (χ4v) is 2.53. The van der Waals surface area contributed by atoms with Crippen molar-refractivity contribution in [2.75, 3.05) is 5.73 Å². The van der Waals surface area contributed by atoms with Gasteiger partial charge in [-0.15, -0.1) is 0 Å². The van der Waals surface area contributed by atoms with Crippen molar-refractivity contribution >= 4 is 21.7 Å². The van der Waals surface area contributed by atoms with E-state index in [1.54, 1.807) is 0 Å². The first-order chi connectivity index (χ1) is 10.1. The Labute approximate surface area is 132 Å². The van der Waals surface area contributed by atoms with Crippen molar-refractivity contribution in [1.29, 1.82) is 0 Å². The Morgan fingerprint density at radius 3 is 2.52 bits per heavy atom. The molecule has 0 spiro atoms. The van der Waals surface area contributed by atoms with Crippen LogP contribution in [0.15, 0.2) is 59.1 Å². The van der Waals surface area contributed by atoms with Gasteiger partial charge in [0.25, 0.3) is 0 Å². The van der Waals surface area contributed by atoms with E-state index in [9.17, 15) is 0 Å². The third-order valence-electron chi connectivity index (χ3n) is 3.53. The van der Waals surface area contributed by atoms with Crippen LogP contribution in [0, 0.1) is 6.92 Å². The van der Waals surface area contributed by atoms with E-state index >= 15 is 0 Å². The first kappa shape index (κ1) is 13.9. The summed E-state index contributed by atoms with van der Waals surface area (Å²) in [7, 11) is 0. The van der Waals surface area contributed by atoms with E-state index < -0.39 is 0 Å². The topological polar surface area (TPSA) is 43.8 Å². The second-order valence-electron chi connectivity index (χ2n) is 5.05. The smallest absolute Gasteiger partial charge is 0.122 e. The van der Waals surface area contributed by atoms with E-state index in [2.05, 4.69) is 40.1 Å². The maximum absolute atomic E-state index is 6.10. The van der Waals surface area contributed by atoms with Crippen molar-refractivity contribution in [2.45, 2.75) is 13.5 Å². The van der Waals surface area contributed by atoms with Crippen molar-refractivity contribution in [3.8, 4) is 11.3 Å². The van der Waals surface area contributed by atoms with Crippen LogP contribution in [0.25, 0.3) is 11.3 Å². The number of halogens is 1. The summed E-state index contributed by atoms with van der Waals surface area (Å²) >= 11 is 3.44. The van der Waals surface area contributed by atoms with Gasteiger partial charge in [-0.05, 0) is 30.2 Å². The van der Waals surface area contributed by atoms with Crippen molar-refractivity contribution in [1.82, 2.24) is 9.78 Å². The molecular weight excluding hydrogens is 326 g/mol. The lowest BCUT2D eigenvalue weighted by Crippen LogP contribution is -2.06. The molecule has 0 atom stereocenters. The van der Waals surface area contributed by atoms with Gasteiger partial charge in [-0.3, -0.25) is 0 Å². The Morgan fingerprint density at radius 1 is 1.10 bits per heavy atom. The number of nitrogen functional groups attached to an aromatic ring is 1. The molecule has 4 heteroatoms. The van der Waals surface area contributed by atoms with Gasteiger partial charge < -0.3 is 5.73 Å². The van der Waals surface area contributed by atoms with Gasteiger partial charge in [0.05, 0.1) is 12.2 Å². The van der Waals surface area contributed by atoms with E-state index in [1.165, 1.54) is 11.1 Å². The molecular formula is C17H16BrN3. The molecule has 0 saturated carbocycles. The Bertz CT molecular complexity index is 760. The monoisotopic (exact) mass is 341 g/mol. The van der Waals surface area contributed by atoms with Gasteiger partial charge in [-0.1, -0.05) is 52.3 Å².